The molecule has 2 aromatic carbocycles. The Bertz CT molecular complexity index is 1320. The van der Waals surface area contributed by atoms with E-state index in [1.54, 1.807) is 38.3 Å². The van der Waals surface area contributed by atoms with Gasteiger partial charge in [-0.1, -0.05) is 29.3 Å². The van der Waals surface area contributed by atoms with Crippen molar-refractivity contribution in [3.8, 4) is 11.5 Å². The highest BCUT2D eigenvalue weighted by Gasteiger charge is 2.19. The molecule has 0 aliphatic heterocycles. The highest BCUT2D eigenvalue weighted by molar-refractivity contribution is 9.10. The van der Waals surface area contributed by atoms with E-state index in [1.165, 1.54) is 4.68 Å². The molecule has 8 nitrogen and oxygen atoms in total. The van der Waals surface area contributed by atoms with Crippen molar-refractivity contribution in [3.05, 3.63) is 61.0 Å². The van der Waals surface area contributed by atoms with Crippen LogP contribution in [0.1, 0.15) is 51.9 Å². The minimum Gasteiger partial charge on any atom is -0.490 e. The monoisotopic (exact) mass is 621 g/mol. The summed E-state index contributed by atoms with van der Waals surface area (Å²) in [6.45, 7) is 7.96. The van der Waals surface area contributed by atoms with Crippen LogP contribution in [0.2, 0.25) is 0 Å². The molecule has 1 atom stereocenters. The third-order valence-electron chi connectivity index (χ3n) is 5.23. The van der Waals surface area contributed by atoms with Crippen LogP contribution < -0.4 is 15.0 Å². The molecular formula is C26H29Br2N3O5. The first kappa shape index (κ1) is 27.9. The largest absolute Gasteiger partial charge is 0.490 e. The summed E-state index contributed by atoms with van der Waals surface area (Å²) in [5, 5.41) is 4.99. The molecule has 0 unspecified atom stereocenters. The van der Waals surface area contributed by atoms with Gasteiger partial charge in [-0.15, -0.1) is 0 Å². The van der Waals surface area contributed by atoms with Crippen molar-refractivity contribution >= 4 is 54.9 Å². The fourth-order valence-electron chi connectivity index (χ4n) is 3.44. The van der Waals surface area contributed by atoms with Crippen molar-refractivity contribution in [2.45, 2.75) is 53.1 Å². The number of hydrogen-bond acceptors (Lipinski definition) is 7. The van der Waals surface area contributed by atoms with E-state index >= 15 is 0 Å². The number of fused-ring (bicyclic) bond motifs is 1. The third kappa shape index (κ3) is 6.73. The number of unbranched alkanes of at least 4 members (excludes halogenated alkanes) is 1. The Hall–Kier alpha value is -2.72. The predicted molar refractivity (Wildman–Crippen MR) is 147 cm³/mol. The van der Waals surface area contributed by atoms with E-state index in [-0.39, 0.29) is 12.2 Å². The Morgan fingerprint density at radius 3 is 2.61 bits per heavy atom. The van der Waals surface area contributed by atoms with E-state index in [0.29, 0.717) is 51.3 Å². The highest BCUT2D eigenvalue weighted by atomic mass is 79.9. The number of esters is 1. The second-order valence-electron chi connectivity index (χ2n) is 7.92. The second-order valence-corrected chi connectivity index (χ2v) is 9.69. The summed E-state index contributed by atoms with van der Waals surface area (Å²) in [7, 11) is 0. The van der Waals surface area contributed by atoms with Gasteiger partial charge < -0.3 is 14.2 Å². The molecule has 0 amide bonds. The molecule has 10 heteroatoms. The van der Waals surface area contributed by atoms with Crippen LogP contribution in [0.15, 0.2) is 49.2 Å². The number of benzene rings is 2. The fourth-order valence-corrected chi connectivity index (χ4v) is 4.22. The summed E-state index contributed by atoms with van der Waals surface area (Å²) >= 11 is 6.97. The molecule has 3 rings (SSSR count). The van der Waals surface area contributed by atoms with E-state index in [9.17, 15) is 9.59 Å². The van der Waals surface area contributed by atoms with Crippen molar-refractivity contribution in [1.82, 2.24) is 9.66 Å². The zero-order valence-electron chi connectivity index (χ0n) is 20.7. The van der Waals surface area contributed by atoms with Gasteiger partial charge in [-0.05, 0) is 73.5 Å². The number of nitrogens with zero attached hydrogens (tertiary/aromatic N) is 3. The molecule has 0 N–H and O–H groups in total. The van der Waals surface area contributed by atoms with Crippen molar-refractivity contribution in [2.75, 3.05) is 13.2 Å². The number of rotatable bonds is 11. The van der Waals surface area contributed by atoms with Crippen LogP contribution in [0.25, 0.3) is 10.9 Å². The summed E-state index contributed by atoms with van der Waals surface area (Å²) in [4.78, 5) is 30.0. The van der Waals surface area contributed by atoms with Crippen LogP contribution in [0, 0.1) is 0 Å². The van der Waals surface area contributed by atoms with Gasteiger partial charge in [0.15, 0.2) is 17.6 Å². The zero-order chi connectivity index (χ0) is 26.2. The first-order chi connectivity index (χ1) is 17.3. The highest BCUT2D eigenvalue weighted by Crippen LogP contribution is 2.34. The molecule has 0 aliphatic rings. The lowest BCUT2D eigenvalue weighted by Crippen LogP contribution is -2.26. The van der Waals surface area contributed by atoms with Crippen molar-refractivity contribution in [2.24, 2.45) is 5.10 Å². The average molecular weight is 623 g/mol. The number of ether oxygens (including phenoxy) is 3. The molecule has 1 aromatic heterocycles. The van der Waals surface area contributed by atoms with Gasteiger partial charge in [0.05, 0.1) is 30.3 Å². The van der Waals surface area contributed by atoms with Crippen molar-refractivity contribution in [3.63, 3.8) is 0 Å². The van der Waals surface area contributed by atoms with E-state index in [0.717, 1.165) is 17.3 Å². The van der Waals surface area contributed by atoms with Crippen molar-refractivity contribution in [1.29, 1.82) is 0 Å². The Morgan fingerprint density at radius 1 is 1.14 bits per heavy atom. The third-order valence-corrected chi connectivity index (χ3v) is 6.41. The second kappa shape index (κ2) is 13.0. The summed E-state index contributed by atoms with van der Waals surface area (Å²) in [6.07, 6.45) is 3.24. The molecular weight excluding hydrogens is 594 g/mol. The van der Waals surface area contributed by atoms with Crippen LogP contribution in [-0.2, 0) is 16.0 Å². The topological polar surface area (TPSA) is 92.0 Å². The van der Waals surface area contributed by atoms with Crippen LogP contribution in [0.4, 0.5) is 0 Å². The fraction of sp³-hybridized carbons (Fsp3) is 0.385. The van der Waals surface area contributed by atoms with E-state index in [4.69, 9.17) is 19.2 Å². The van der Waals surface area contributed by atoms with Gasteiger partial charge in [-0.3, -0.25) is 4.79 Å². The normalized spacial score (nSPS) is 12.2. The molecule has 0 spiro atoms. The van der Waals surface area contributed by atoms with Gasteiger partial charge in [0.25, 0.3) is 5.56 Å². The maximum absolute atomic E-state index is 13.3. The standard InChI is InChI=1S/C26H29Br2N3O5/c1-5-8-9-24-30-21-11-10-18(27)13-19(21)25(32)31(24)29-15-17-12-22(34-6-2)23(14-20(17)28)36-16(4)26(33)35-7-3/h10-16H,5-9H2,1-4H3/t16-/m0/s1. The predicted octanol–water partition coefficient (Wildman–Crippen LogP) is 5.88. The maximum atomic E-state index is 13.3. The molecule has 3 aromatic rings. The molecule has 0 radical (unpaired) electrons. The van der Waals surface area contributed by atoms with Gasteiger partial charge in [0.1, 0.15) is 5.82 Å². The van der Waals surface area contributed by atoms with Crippen LogP contribution >= 0.6 is 31.9 Å². The SMILES string of the molecule is CCCCc1nc2ccc(Br)cc2c(=O)n1N=Cc1cc(OCC)c(O[C@@H](C)C(=O)OCC)cc1Br. The Balaban J connectivity index is 2.03. The van der Waals surface area contributed by atoms with Gasteiger partial charge in [0.2, 0.25) is 0 Å². The summed E-state index contributed by atoms with van der Waals surface area (Å²) in [5.74, 6) is 0.963. The van der Waals surface area contributed by atoms with Gasteiger partial charge in [0, 0.05) is 20.9 Å². The summed E-state index contributed by atoms with van der Waals surface area (Å²) in [6, 6.07) is 8.89. The first-order valence-corrected chi connectivity index (χ1v) is 13.4. The Kier molecular flexibility index (Phi) is 10.1. The van der Waals surface area contributed by atoms with Crippen LogP contribution in [0.3, 0.4) is 0 Å². The first-order valence-electron chi connectivity index (χ1n) is 11.8. The number of hydrogen-bond donors (Lipinski definition) is 0. The van der Waals surface area contributed by atoms with Gasteiger partial charge >= 0.3 is 5.97 Å². The van der Waals surface area contributed by atoms with E-state index in [1.807, 2.05) is 19.1 Å². The molecule has 192 valence electrons. The minimum absolute atomic E-state index is 0.243. The minimum atomic E-state index is -0.807. The van der Waals surface area contributed by atoms with Crippen molar-refractivity contribution < 1.29 is 19.0 Å². The molecule has 0 fully saturated rings. The Morgan fingerprint density at radius 2 is 1.92 bits per heavy atom. The quantitative estimate of drug-likeness (QED) is 0.196. The zero-order valence-corrected chi connectivity index (χ0v) is 23.9. The number of carbonyl (C=O) groups is 1. The van der Waals surface area contributed by atoms with Gasteiger partial charge in [-0.25, -0.2) is 9.78 Å². The lowest BCUT2D eigenvalue weighted by atomic mass is 10.2. The molecule has 0 aliphatic carbocycles. The molecule has 0 saturated heterocycles. The Labute approximate surface area is 226 Å². The number of aryl methyl sites for hydroxylation is 1. The lowest BCUT2D eigenvalue weighted by Gasteiger charge is -2.17. The lowest BCUT2D eigenvalue weighted by molar-refractivity contribution is -0.150. The molecule has 36 heavy (non-hydrogen) atoms. The van der Waals surface area contributed by atoms with Crippen LogP contribution in [0.5, 0.6) is 11.5 Å². The van der Waals surface area contributed by atoms with E-state index in [2.05, 4.69) is 43.9 Å². The maximum Gasteiger partial charge on any atom is 0.347 e. The summed E-state index contributed by atoms with van der Waals surface area (Å²) in [5.41, 5.74) is 1.06. The van der Waals surface area contributed by atoms with E-state index < -0.39 is 12.1 Å². The van der Waals surface area contributed by atoms with Crippen LogP contribution in [-0.4, -0.2) is 41.2 Å². The van der Waals surface area contributed by atoms with Gasteiger partial charge in [-0.2, -0.15) is 9.78 Å². The molecule has 0 saturated carbocycles. The average Bonchev–Trinajstić information content (AvgIpc) is 2.85. The summed E-state index contributed by atoms with van der Waals surface area (Å²) < 4.78 is 19.4. The molecule has 1 heterocycles. The number of carbonyl (C=O) groups excluding carboxylic acids is 1. The number of halogens is 2. The molecule has 0 bridgehead atoms. The smallest absolute Gasteiger partial charge is 0.347 e. The number of aromatic nitrogens is 2.